The highest BCUT2D eigenvalue weighted by Crippen LogP contribution is 2.48. The van der Waals surface area contributed by atoms with Crippen LogP contribution in [-0.4, -0.2) is 45.4 Å². The van der Waals surface area contributed by atoms with Crippen LogP contribution in [0.5, 0.6) is 5.75 Å². The highest BCUT2D eigenvalue weighted by atomic mass is 35.5. The van der Waals surface area contributed by atoms with Crippen LogP contribution in [0.3, 0.4) is 0 Å². The van der Waals surface area contributed by atoms with Crippen molar-refractivity contribution in [3.63, 3.8) is 0 Å². The van der Waals surface area contributed by atoms with Crippen LogP contribution < -0.4 is 9.30 Å². The van der Waals surface area contributed by atoms with Gasteiger partial charge in [-0.3, -0.25) is 0 Å². The van der Waals surface area contributed by atoms with Crippen molar-refractivity contribution in [3.8, 4) is 5.75 Å². The lowest BCUT2D eigenvalue weighted by Crippen LogP contribution is -2.34. The van der Waals surface area contributed by atoms with E-state index in [1.165, 1.54) is 6.33 Å². The molecule has 5 heterocycles. The van der Waals surface area contributed by atoms with Crippen LogP contribution in [0.25, 0.3) is 11.0 Å². The summed E-state index contributed by atoms with van der Waals surface area (Å²) >= 11 is 6.28. The maximum absolute atomic E-state index is 6.35. The van der Waals surface area contributed by atoms with Crippen LogP contribution in [0.15, 0.2) is 41.9 Å². The summed E-state index contributed by atoms with van der Waals surface area (Å²) in [5.41, 5.74) is 0.811. The average Bonchev–Trinajstić information content (AvgIpc) is 3.49. The molecule has 3 aliphatic rings. The molecule has 1 saturated heterocycles. The molecule has 166 valence electrons. The largest absolute Gasteiger partial charge is 0.493 e. The number of nitrogens with zero attached hydrogens (tertiary/aromatic N) is 5. The highest BCUT2D eigenvalue weighted by Gasteiger charge is 2.55. The Hall–Kier alpha value is -2.55. The van der Waals surface area contributed by atoms with Crippen molar-refractivity contribution < 1.29 is 18.8 Å². The van der Waals surface area contributed by atoms with Crippen molar-refractivity contribution in [1.29, 1.82) is 0 Å². The molecule has 1 aliphatic carbocycles. The first-order chi connectivity index (χ1) is 15.4. The van der Waals surface area contributed by atoms with E-state index in [1.54, 1.807) is 0 Å². The van der Waals surface area contributed by atoms with Crippen LogP contribution >= 0.6 is 11.6 Å². The molecular weight excluding hydrogens is 430 g/mol. The molecule has 0 radical (unpaired) electrons. The lowest BCUT2D eigenvalue weighted by atomic mass is 10.1. The summed E-state index contributed by atoms with van der Waals surface area (Å²) in [4.78, 5) is 13.0. The van der Waals surface area contributed by atoms with Crippen LogP contribution in [0.4, 0.5) is 5.82 Å². The lowest BCUT2D eigenvalue weighted by molar-refractivity contribution is -0.685. The molecule has 2 aliphatic heterocycles. The first-order valence-corrected chi connectivity index (χ1v) is 11.3. The van der Waals surface area contributed by atoms with Crippen molar-refractivity contribution in [2.24, 2.45) is 10.9 Å². The Morgan fingerprint density at radius 3 is 2.97 bits per heavy atom. The second-order valence-electron chi connectivity index (χ2n) is 9.21. The number of fused-ring (bicyclic) bond motifs is 3. The summed E-state index contributed by atoms with van der Waals surface area (Å²) in [5.74, 6) is 1.25. The van der Waals surface area contributed by atoms with E-state index in [2.05, 4.69) is 31.0 Å². The van der Waals surface area contributed by atoms with Gasteiger partial charge < -0.3 is 18.8 Å². The number of pyridine rings is 1. The number of halogens is 1. The minimum atomic E-state index is -0.642. The van der Waals surface area contributed by atoms with Crippen LogP contribution in [0.2, 0.25) is 5.15 Å². The second kappa shape index (κ2) is 7.23. The topological polar surface area (TPSA) is 74.6 Å². The smallest absolute Gasteiger partial charge is 0.326 e. The number of hydrogen-bond acceptors (Lipinski definition) is 6. The SMILES string of the molecule is CC1C=Nc2cc(OC[C@H]3C[C@@H](n4ccc5c(Cl)ncnc54)[C@@H]4OC(C)(C)O[C@H]34)cc[n+]21. The molecule has 9 heteroatoms. The van der Waals surface area contributed by atoms with E-state index in [-0.39, 0.29) is 30.2 Å². The fraction of sp³-hybridized carbons (Fsp3) is 0.478. The van der Waals surface area contributed by atoms with Gasteiger partial charge in [0.25, 0.3) is 0 Å². The number of hydrogen-bond donors (Lipinski definition) is 0. The quantitative estimate of drug-likeness (QED) is 0.442. The fourth-order valence-corrected chi connectivity index (χ4v) is 5.37. The number of aromatic nitrogens is 4. The molecular formula is C23H25ClN5O3+. The number of rotatable bonds is 4. The van der Waals surface area contributed by atoms with E-state index >= 15 is 0 Å². The predicted octanol–water partition coefficient (Wildman–Crippen LogP) is 3.81. The zero-order valence-electron chi connectivity index (χ0n) is 18.2. The summed E-state index contributed by atoms with van der Waals surface area (Å²) in [6, 6.07) is 6.28. The Kier molecular flexibility index (Phi) is 4.54. The maximum Gasteiger partial charge on any atom is 0.326 e. The van der Waals surface area contributed by atoms with Gasteiger partial charge in [-0.15, -0.1) is 0 Å². The molecule has 0 aromatic carbocycles. The van der Waals surface area contributed by atoms with E-state index in [0.717, 1.165) is 29.0 Å². The van der Waals surface area contributed by atoms with Crippen LogP contribution in [0.1, 0.15) is 39.3 Å². The molecule has 3 aromatic rings. The first-order valence-electron chi connectivity index (χ1n) is 10.9. The van der Waals surface area contributed by atoms with Crippen molar-refractivity contribution in [2.75, 3.05) is 6.61 Å². The van der Waals surface area contributed by atoms with Crippen molar-refractivity contribution in [3.05, 3.63) is 42.1 Å². The molecule has 6 rings (SSSR count). The molecule has 32 heavy (non-hydrogen) atoms. The molecule has 0 amide bonds. The third kappa shape index (κ3) is 3.20. The second-order valence-corrected chi connectivity index (χ2v) is 9.57. The Balaban J connectivity index is 1.26. The van der Waals surface area contributed by atoms with Gasteiger partial charge in [0.05, 0.1) is 36.4 Å². The normalized spacial score (nSPS) is 30.1. The van der Waals surface area contributed by atoms with Crippen molar-refractivity contribution in [1.82, 2.24) is 14.5 Å². The molecule has 5 atom stereocenters. The maximum atomic E-state index is 6.35. The number of ether oxygens (including phenoxy) is 3. The summed E-state index contributed by atoms with van der Waals surface area (Å²) in [6.07, 6.45) is 8.17. The van der Waals surface area contributed by atoms with Gasteiger partial charge in [0.2, 0.25) is 0 Å². The van der Waals surface area contributed by atoms with Crippen molar-refractivity contribution in [2.45, 2.75) is 57.3 Å². The average molecular weight is 455 g/mol. The van der Waals surface area contributed by atoms with Gasteiger partial charge in [0.15, 0.2) is 18.0 Å². The minimum Gasteiger partial charge on any atom is -0.493 e. The summed E-state index contributed by atoms with van der Waals surface area (Å²) in [5, 5.41) is 1.30. The van der Waals surface area contributed by atoms with E-state index < -0.39 is 5.79 Å². The highest BCUT2D eigenvalue weighted by molar-refractivity contribution is 6.33. The molecule has 8 nitrogen and oxygen atoms in total. The lowest BCUT2D eigenvalue weighted by Gasteiger charge is -2.24. The Labute approximate surface area is 190 Å². The summed E-state index contributed by atoms with van der Waals surface area (Å²) < 4.78 is 23.2. The summed E-state index contributed by atoms with van der Waals surface area (Å²) in [6.45, 7) is 6.57. The Morgan fingerprint density at radius 1 is 1.25 bits per heavy atom. The van der Waals surface area contributed by atoms with Gasteiger partial charge >= 0.3 is 5.82 Å². The van der Waals surface area contributed by atoms with Gasteiger partial charge in [-0.2, -0.15) is 0 Å². The molecule has 1 saturated carbocycles. The molecule has 1 unspecified atom stereocenters. The van der Waals surface area contributed by atoms with E-state index in [4.69, 9.17) is 25.8 Å². The minimum absolute atomic E-state index is 0.0633. The van der Waals surface area contributed by atoms with Gasteiger partial charge in [0, 0.05) is 18.2 Å². The number of aliphatic imine (C=N–C) groups is 1. The van der Waals surface area contributed by atoms with E-state index in [1.807, 2.05) is 50.7 Å². The van der Waals surface area contributed by atoms with E-state index in [9.17, 15) is 0 Å². The standard InChI is InChI=1S/C23H25ClN5O3/c1-13-10-25-18-9-15(4-6-28(13)18)30-11-14-8-17(20-19(14)31-23(2,3)32-20)29-7-5-16-21(24)26-12-27-22(16)29/h4-7,9-10,12-14,17,19-20H,8,11H2,1-3H3/q+1/t13?,14-,17-,19-,20+/m1/s1. The van der Waals surface area contributed by atoms with Gasteiger partial charge in [-0.25, -0.2) is 14.5 Å². The Bertz CT molecular complexity index is 1230. The van der Waals surface area contributed by atoms with Gasteiger partial charge in [-0.05, 0) is 38.3 Å². The van der Waals surface area contributed by atoms with Crippen LogP contribution in [-0.2, 0) is 9.47 Å². The van der Waals surface area contributed by atoms with Crippen molar-refractivity contribution >= 4 is 34.7 Å². The molecule has 0 spiro atoms. The molecule has 0 N–H and O–H groups in total. The van der Waals surface area contributed by atoms with Gasteiger partial charge in [0.1, 0.15) is 29.0 Å². The predicted molar refractivity (Wildman–Crippen MR) is 119 cm³/mol. The molecule has 2 fully saturated rings. The zero-order chi connectivity index (χ0) is 22.0. The van der Waals surface area contributed by atoms with Gasteiger partial charge in [-0.1, -0.05) is 11.6 Å². The third-order valence-corrected chi connectivity index (χ3v) is 6.93. The molecule has 0 bridgehead atoms. The fourth-order valence-electron chi connectivity index (χ4n) is 5.18. The Morgan fingerprint density at radius 2 is 2.09 bits per heavy atom. The van der Waals surface area contributed by atoms with E-state index in [0.29, 0.717) is 11.8 Å². The first kappa shape index (κ1) is 20.1. The zero-order valence-corrected chi connectivity index (χ0v) is 18.9. The third-order valence-electron chi connectivity index (χ3n) is 6.63. The molecule has 3 aromatic heterocycles. The van der Waals surface area contributed by atoms with Crippen LogP contribution in [0, 0.1) is 5.92 Å². The monoisotopic (exact) mass is 454 g/mol. The summed E-state index contributed by atoms with van der Waals surface area (Å²) in [7, 11) is 0.